The minimum atomic E-state index is -1.31. The van der Waals surface area contributed by atoms with Crippen LogP contribution in [0.4, 0.5) is 20.2 Å². The largest absolute Gasteiger partial charge is 0.550 e. The molecule has 0 bridgehead atoms. The number of rotatable bonds is 5. The second-order valence-corrected chi connectivity index (χ2v) is 6.59. The molecule has 1 aliphatic rings. The summed E-state index contributed by atoms with van der Waals surface area (Å²) in [6.45, 7) is 0. The Bertz CT molecular complexity index is 990. The summed E-state index contributed by atoms with van der Waals surface area (Å²) in [4.78, 5) is 36.5. The van der Waals surface area contributed by atoms with Crippen molar-refractivity contribution in [2.75, 3.05) is 10.6 Å². The maximum absolute atomic E-state index is 13.8. The normalized spacial score (nSPS) is 18.1. The van der Waals surface area contributed by atoms with Gasteiger partial charge in [0.15, 0.2) is 0 Å². The molecule has 0 saturated carbocycles. The topological polar surface area (TPSA) is 98.3 Å². The molecule has 1 aliphatic carbocycles. The number of hydrogen-bond acceptors (Lipinski definition) is 4. The molecule has 0 fully saturated rings. The van der Waals surface area contributed by atoms with E-state index in [0.29, 0.717) is 6.07 Å². The fourth-order valence-electron chi connectivity index (χ4n) is 3.16. The summed E-state index contributed by atoms with van der Waals surface area (Å²) in [5.74, 6) is -6.11. The number of anilines is 2. The lowest BCUT2D eigenvalue weighted by atomic mass is 9.82. The predicted octanol–water partition coefficient (Wildman–Crippen LogP) is 2.49. The molecule has 0 aromatic heterocycles. The number of nitrogens with one attached hydrogen (secondary N) is 2. The lowest BCUT2D eigenvalue weighted by molar-refractivity contribution is -0.313. The van der Waals surface area contributed by atoms with Crippen molar-refractivity contribution >= 4 is 29.2 Å². The molecule has 0 unspecified atom stereocenters. The molecule has 2 aromatic rings. The summed E-state index contributed by atoms with van der Waals surface area (Å²) in [7, 11) is 0. The number of allylic oxidation sites excluding steroid dienone is 2. The minimum absolute atomic E-state index is 0.0425. The number of amides is 2. The highest BCUT2D eigenvalue weighted by Crippen LogP contribution is 2.27. The van der Waals surface area contributed by atoms with Crippen molar-refractivity contribution in [3.05, 3.63) is 71.8 Å². The Morgan fingerprint density at radius 2 is 1.59 bits per heavy atom. The van der Waals surface area contributed by atoms with Crippen LogP contribution in [-0.4, -0.2) is 17.8 Å². The molecule has 150 valence electrons. The summed E-state index contributed by atoms with van der Waals surface area (Å²) in [5, 5.41) is 16.2. The minimum Gasteiger partial charge on any atom is -0.550 e. The first-order valence-corrected chi connectivity index (χ1v) is 8.89. The average Bonchev–Trinajstić information content (AvgIpc) is 2.70. The van der Waals surface area contributed by atoms with Gasteiger partial charge in [0, 0.05) is 18.0 Å². The van der Waals surface area contributed by atoms with Gasteiger partial charge in [0.05, 0.1) is 22.9 Å². The van der Waals surface area contributed by atoms with E-state index < -0.39 is 41.3 Å². The molecule has 2 atom stereocenters. The Balaban J connectivity index is 1.79. The van der Waals surface area contributed by atoms with Crippen molar-refractivity contribution in [3.63, 3.8) is 0 Å². The van der Waals surface area contributed by atoms with Crippen LogP contribution in [0.2, 0.25) is 0 Å². The predicted molar refractivity (Wildman–Crippen MR) is 99.7 cm³/mol. The van der Waals surface area contributed by atoms with Gasteiger partial charge in [-0.1, -0.05) is 24.3 Å². The van der Waals surface area contributed by atoms with Gasteiger partial charge in [-0.05, 0) is 37.1 Å². The molecule has 0 heterocycles. The number of carbonyl (C=O) groups excluding carboxylic acids is 3. The Morgan fingerprint density at radius 3 is 2.28 bits per heavy atom. The van der Waals surface area contributed by atoms with Gasteiger partial charge in [-0.15, -0.1) is 0 Å². The second kappa shape index (κ2) is 8.64. The van der Waals surface area contributed by atoms with Gasteiger partial charge in [-0.25, -0.2) is 8.78 Å². The number of carboxylic acids is 1. The van der Waals surface area contributed by atoms with Crippen molar-refractivity contribution in [1.82, 2.24) is 0 Å². The maximum Gasteiger partial charge on any atom is 0.257 e. The van der Waals surface area contributed by atoms with E-state index in [1.165, 1.54) is 12.1 Å². The summed E-state index contributed by atoms with van der Waals surface area (Å²) >= 11 is 0. The van der Waals surface area contributed by atoms with Crippen molar-refractivity contribution in [2.24, 2.45) is 11.8 Å². The van der Waals surface area contributed by atoms with Crippen LogP contribution in [0.25, 0.3) is 0 Å². The first-order chi connectivity index (χ1) is 13.9. The van der Waals surface area contributed by atoms with E-state index in [1.54, 1.807) is 24.3 Å². The number of carbonyl (C=O) groups is 3. The van der Waals surface area contributed by atoms with Crippen LogP contribution in [0, 0.1) is 23.5 Å². The first kappa shape index (κ1) is 20.2. The van der Waals surface area contributed by atoms with Crippen molar-refractivity contribution in [1.29, 1.82) is 0 Å². The third kappa shape index (κ3) is 4.66. The Morgan fingerprint density at radius 1 is 0.897 bits per heavy atom. The Labute approximate surface area is 165 Å². The monoisotopic (exact) mass is 399 g/mol. The molecule has 2 aromatic carbocycles. The van der Waals surface area contributed by atoms with E-state index in [4.69, 9.17) is 0 Å². The van der Waals surface area contributed by atoms with Crippen LogP contribution in [0.1, 0.15) is 23.2 Å². The maximum atomic E-state index is 13.8. The van der Waals surface area contributed by atoms with Crippen molar-refractivity contribution in [3.8, 4) is 0 Å². The zero-order valence-electron chi connectivity index (χ0n) is 15.2. The molecule has 2 N–H and O–H groups in total. The highest BCUT2D eigenvalue weighted by Gasteiger charge is 2.30. The van der Waals surface area contributed by atoms with Crippen LogP contribution in [0.3, 0.4) is 0 Å². The highest BCUT2D eigenvalue weighted by atomic mass is 19.1. The molecule has 3 rings (SSSR count). The molecule has 6 nitrogen and oxygen atoms in total. The number of para-hydroxylation sites is 1. The van der Waals surface area contributed by atoms with Gasteiger partial charge in [0.25, 0.3) is 5.91 Å². The van der Waals surface area contributed by atoms with E-state index in [2.05, 4.69) is 10.6 Å². The van der Waals surface area contributed by atoms with Crippen LogP contribution >= 0.6 is 0 Å². The average molecular weight is 399 g/mol. The summed E-state index contributed by atoms with van der Waals surface area (Å²) in [6, 6.07) is 8.76. The second-order valence-electron chi connectivity index (χ2n) is 6.59. The van der Waals surface area contributed by atoms with Crippen LogP contribution in [0.15, 0.2) is 54.6 Å². The highest BCUT2D eigenvalue weighted by molar-refractivity contribution is 6.10. The number of hydrogen-bond donors (Lipinski definition) is 2. The zero-order valence-corrected chi connectivity index (χ0v) is 15.2. The molecular formula is C21H17F2N2O4-. The third-order valence-corrected chi connectivity index (χ3v) is 4.68. The van der Waals surface area contributed by atoms with Crippen molar-refractivity contribution in [2.45, 2.75) is 12.8 Å². The van der Waals surface area contributed by atoms with Gasteiger partial charge in [-0.3, -0.25) is 9.59 Å². The molecule has 0 aliphatic heterocycles. The fourth-order valence-corrected chi connectivity index (χ4v) is 3.16. The van der Waals surface area contributed by atoms with Crippen LogP contribution in [-0.2, 0) is 9.59 Å². The quantitative estimate of drug-likeness (QED) is 0.755. The molecule has 0 saturated heterocycles. The Hall–Kier alpha value is -3.55. The molecule has 0 spiro atoms. The zero-order chi connectivity index (χ0) is 21.0. The van der Waals surface area contributed by atoms with Gasteiger partial charge < -0.3 is 20.5 Å². The van der Waals surface area contributed by atoms with E-state index in [1.807, 2.05) is 0 Å². The molecule has 29 heavy (non-hydrogen) atoms. The summed E-state index contributed by atoms with van der Waals surface area (Å²) < 4.78 is 26.8. The molecular weight excluding hydrogens is 382 g/mol. The summed E-state index contributed by atoms with van der Waals surface area (Å²) in [6.07, 6.45) is 3.83. The van der Waals surface area contributed by atoms with E-state index in [9.17, 15) is 28.3 Å². The number of aliphatic carboxylic acids is 1. The van der Waals surface area contributed by atoms with E-state index in [-0.39, 0.29) is 29.8 Å². The van der Waals surface area contributed by atoms with Gasteiger partial charge >= 0.3 is 0 Å². The number of benzene rings is 2. The fraction of sp³-hybridized carbons (Fsp3) is 0.190. The smallest absolute Gasteiger partial charge is 0.257 e. The van der Waals surface area contributed by atoms with Crippen LogP contribution in [0.5, 0.6) is 0 Å². The first-order valence-electron chi connectivity index (χ1n) is 8.89. The SMILES string of the molecule is O=C(Nc1ccc(F)cc1F)c1ccccc1NC(=O)[C@@H]1CC=CC[C@H]1C(=O)[O-]. The number of carboxylic acid groups (broad SMARTS) is 1. The van der Waals surface area contributed by atoms with E-state index in [0.717, 1.165) is 12.1 Å². The lowest BCUT2D eigenvalue weighted by Gasteiger charge is -2.28. The molecule has 2 amide bonds. The van der Waals surface area contributed by atoms with Crippen molar-refractivity contribution < 1.29 is 28.3 Å². The molecule has 8 heteroatoms. The van der Waals surface area contributed by atoms with E-state index >= 15 is 0 Å². The molecule has 0 radical (unpaired) electrons. The van der Waals surface area contributed by atoms with Gasteiger partial charge in [0.2, 0.25) is 5.91 Å². The summed E-state index contributed by atoms with van der Waals surface area (Å²) in [5.41, 5.74) is -0.0305. The van der Waals surface area contributed by atoms with Gasteiger partial charge in [0.1, 0.15) is 11.6 Å². The third-order valence-electron chi connectivity index (χ3n) is 4.68. The lowest BCUT2D eigenvalue weighted by Crippen LogP contribution is -2.41. The Kier molecular flexibility index (Phi) is 6.01. The standard InChI is InChI=1S/C21H18F2N2O4/c22-12-9-10-18(16(23)11-12)25-20(27)15-7-3-4-8-17(15)24-19(26)13-5-1-2-6-14(13)21(28)29/h1-4,7-11,13-14H,5-6H2,(H,24,26)(H,25,27)(H,28,29)/p-1/t13-,14-/m1/s1. The van der Waals surface area contributed by atoms with Gasteiger partial charge in [-0.2, -0.15) is 0 Å². The number of halogens is 2. The van der Waals surface area contributed by atoms with Crippen LogP contribution < -0.4 is 15.7 Å².